The predicted molar refractivity (Wildman–Crippen MR) is 47.6 cm³/mol. The van der Waals surface area contributed by atoms with Gasteiger partial charge in [0, 0.05) is 18.0 Å². The first-order chi connectivity index (χ1) is 6.05. The van der Waals surface area contributed by atoms with Gasteiger partial charge in [0.2, 0.25) is 0 Å². The van der Waals surface area contributed by atoms with Gasteiger partial charge in [-0.05, 0) is 19.9 Å². The highest BCUT2D eigenvalue weighted by molar-refractivity contribution is 5.15. The molecule has 1 unspecified atom stereocenters. The van der Waals surface area contributed by atoms with E-state index in [1.165, 1.54) is 13.8 Å². The molecule has 0 fully saturated rings. The summed E-state index contributed by atoms with van der Waals surface area (Å²) < 4.78 is 18.1. The molecule has 0 bridgehead atoms. The van der Waals surface area contributed by atoms with Gasteiger partial charge in [-0.15, -0.1) is 0 Å². The van der Waals surface area contributed by atoms with E-state index in [1.807, 2.05) is 0 Å². The topological polar surface area (TPSA) is 22.1 Å². The number of nitrogens with zero attached hydrogens (tertiary/aromatic N) is 1. The summed E-state index contributed by atoms with van der Waals surface area (Å²) in [7, 11) is 5.02. The van der Waals surface area contributed by atoms with E-state index in [0.717, 1.165) is 0 Å². The number of hydrogen-bond donors (Lipinski definition) is 0. The van der Waals surface area contributed by atoms with Crippen molar-refractivity contribution in [2.75, 3.05) is 0 Å². The van der Waals surface area contributed by atoms with E-state index in [-0.39, 0.29) is 0 Å². The molecular weight excluding hydrogens is 169 g/mol. The molecule has 0 aliphatic heterocycles. The SMILES string of the molecule is [CH]OC(c1cccnc1)C(C)(C)F. The van der Waals surface area contributed by atoms with Crippen molar-refractivity contribution in [3.63, 3.8) is 0 Å². The predicted octanol–water partition coefficient (Wildman–Crippen LogP) is 2.56. The highest BCUT2D eigenvalue weighted by atomic mass is 19.1. The molecular formula is C10H12FNO. The minimum Gasteiger partial charge on any atom is -0.361 e. The number of pyridine rings is 1. The summed E-state index contributed by atoms with van der Waals surface area (Å²) in [4.78, 5) is 3.86. The van der Waals surface area contributed by atoms with Crippen molar-refractivity contribution in [2.24, 2.45) is 0 Å². The zero-order valence-corrected chi connectivity index (χ0v) is 7.70. The maximum absolute atomic E-state index is 13.5. The second kappa shape index (κ2) is 3.83. The maximum Gasteiger partial charge on any atom is 0.135 e. The van der Waals surface area contributed by atoms with Crippen molar-refractivity contribution in [3.8, 4) is 0 Å². The number of halogens is 1. The minimum atomic E-state index is -1.52. The van der Waals surface area contributed by atoms with Crippen LogP contribution in [0.15, 0.2) is 24.5 Å². The summed E-state index contributed by atoms with van der Waals surface area (Å²) in [6, 6.07) is 3.44. The molecule has 0 N–H and O–H groups in total. The molecule has 3 heteroatoms. The first-order valence-corrected chi connectivity index (χ1v) is 4.00. The van der Waals surface area contributed by atoms with Gasteiger partial charge in [-0.2, -0.15) is 0 Å². The van der Waals surface area contributed by atoms with Gasteiger partial charge in [-0.3, -0.25) is 4.98 Å². The Morgan fingerprint density at radius 2 is 2.31 bits per heavy atom. The Morgan fingerprint density at radius 3 is 2.69 bits per heavy atom. The summed E-state index contributed by atoms with van der Waals surface area (Å²) in [5.41, 5.74) is -0.880. The van der Waals surface area contributed by atoms with E-state index in [4.69, 9.17) is 7.11 Å². The minimum absolute atomic E-state index is 0.637. The van der Waals surface area contributed by atoms with Gasteiger partial charge in [0.25, 0.3) is 0 Å². The first-order valence-electron chi connectivity index (χ1n) is 4.00. The molecule has 2 radical (unpaired) electrons. The number of alkyl halides is 1. The summed E-state index contributed by atoms with van der Waals surface area (Å²) in [6.45, 7) is 2.83. The Kier molecular flexibility index (Phi) is 2.98. The lowest BCUT2D eigenvalue weighted by molar-refractivity contribution is 0.000492. The van der Waals surface area contributed by atoms with Gasteiger partial charge in [0.05, 0.1) is 0 Å². The van der Waals surface area contributed by atoms with Crippen LogP contribution in [-0.4, -0.2) is 10.7 Å². The number of rotatable bonds is 3. The van der Waals surface area contributed by atoms with Crippen LogP contribution in [0.4, 0.5) is 4.39 Å². The van der Waals surface area contributed by atoms with Crippen LogP contribution < -0.4 is 0 Å². The number of aromatic nitrogens is 1. The van der Waals surface area contributed by atoms with Crippen molar-refractivity contribution in [2.45, 2.75) is 25.6 Å². The molecule has 1 atom stereocenters. The van der Waals surface area contributed by atoms with Crippen molar-refractivity contribution in [1.82, 2.24) is 4.98 Å². The standard InChI is InChI=1S/C10H12FNO/c1-10(2,11)9(13-3)8-5-4-6-12-7-8/h3-7,9H,1-2H3. The molecule has 1 heterocycles. The second-order valence-corrected chi connectivity index (χ2v) is 3.37. The molecule has 2 nitrogen and oxygen atoms in total. The first kappa shape index (κ1) is 10.1. The number of ether oxygens (including phenoxy) is 1. The smallest absolute Gasteiger partial charge is 0.135 e. The zero-order chi connectivity index (χ0) is 9.90. The van der Waals surface area contributed by atoms with Crippen LogP contribution >= 0.6 is 0 Å². The van der Waals surface area contributed by atoms with Crippen molar-refractivity contribution < 1.29 is 9.13 Å². The van der Waals surface area contributed by atoms with E-state index in [9.17, 15) is 4.39 Å². The lowest BCUT2D eigenvalue weighted by Crippen LogP contribution is -2.24. The van der Waals surface area contributed by atoms with Crippen LogP contribution in [-0.2, 0) is 4.74 Å². The average molecular weight is 181 g/mol. The van der Waals surface area contributed by atoms with Gasteiger partial charge in [-0.1, -0.05) is 6.07 Å². The highest BCUT2D eigenvalue weighted by Gasteiger charge is 2.30. The quantitative estimate of drug-likeness (QED) is 0.715. The van der Waals surface area contributed by atoms with Crippen LogP contribution in [0.2, 0.25) is 0 Å². The molecule has 0 aliphatic carbocycles. The average Bonchev–Trinajstić information content (AvgIpc) is 2.05. The fraction of sp³-hybridized carbons (Fsp3) is 0.400. The number of hydrogen-bond acceptors (Lipinski definition) is 2. The van der Waals surface area contributed by atoms with Crippen molar-refractivity contribution >= 4 is 0 Å². The molecule has 1 aromatic rings. The summed E-state index contributed by atoms with van der Waals surface area (Å²) in [5, 5.41) is 0. The van der Waals surface area contributed by atoms with E-state index < -0.39 is 11.8 Å². The lowest BCUT2D eigenvalue weighted by atomic mass is 9.98. The molecule has 0 saturated heterocycles. The van der Waals surface area contributed by atoms with Crippen LogP contribution in [0.5, 0.6) is 0 Å². The molecule has 1 aromatic heterocycles. The van der Waals surface area contributed by atoms with Crippen LogP contribution in [0.3, 0.4) is 0 Å². The third-order valence-corrected chi connectivity index (χ3v) is 1.75. The Labute approximate surface area is 77.8 Å². The molecule has 13 heavy (non-hydrogen) atoms. The molecule has 0 spiro atoms. The van der Waals surface area contributed by atoms with Gasteiger partial charge >= 0.3 is 0 Å². The second-order valence-electron chi connectivity index (χ2n) is 3.37. The molecule has 0 aromatic carbocycles. The van der Waals surface area contributed by atoms with E-state index in [2.05, 4.69) is 9.72 Å². The van der Waals surface area contributed by atoms with Crippen molar-refractivity contribution in [3.05, 3.63) is 37.2 Å². The third-order valence-electron chi connectivity index (χ3n) is 1.75. The fourth-order valence-corrected chi connectivity index (χ4v) is 1.17. The van der Waals surface area contributed by atoms with Crippen LogP contribution in [0.25, 0.3) is 0 Å². The monoisotopic (exact) mass is 181 g/mol. The Balaban J connectivity index is 2.92. The van der Waals surface area contributed by atoms with Gasteiger partial charge in [-0.25, -0.2) is 4.39 Å². The van der Waals surface area contributed by atoms with Crippen LogP contribution in [0, 0.1) is 7.11 Å². The zero-order valence-electron chi connectivity index (χ0n) is 7.70. The van der Waals surface area contributed by atoms with Gasteiger partial charge < -0.3 is 4.74 Å². The van der Waals surface area contributed by atoms with E-state index in [0.29, 0.717) is 5.56 Å². The molecule has 0 aliphatic rings. The van der Waals surface area contributed by atoms with Gasteiger partial charge in [0.1, 0.15) is 18.9 Å². The maximum atomic E-state index is 13.5. The molecule has 0 amide bonds. The largest absolute Gasteiger partial charge is 0.361 e. The van der Waals surface area contributed by atoms with E-state index in [1.54, 1.807) is 24.5 Å². The van der Waals surface area contributed by atoms with Gasteiger partial charge in [0.15, 0.2) is 0 Å². The van der Waals surface area contributed by atoms with Crippen LogP contribution in [0.1, 0.15) is 25.5 Å². The Bertz CT molecular complexity index is 255. The van der Waals surface area contributed by atoms with Crippen molar-refractivity contribution in [1.29, 1.82) is 0 Å². The van der Waals surface area contributed by atoms with E-state index >= 15 is 0 Å². The normalized spacial score (nSPS) is 14.2. The summed E-state index contributed by atoms with van der Waals surface area (Å²) >= 11 is 0. The fourth-order valence-electron chi connectivity index (χ4n) is 1.17. The summed E-state index contributed by atoms with van der Waals surface area (Å²) in [5.74, 6) is 0. The summed E-state index contributed by atoms with van der Waals surface area (Å²) in [6.07, 6.45) is 2.38. The highest BCUT2D eigenvalue weighted by Crippen LogP contribution is 2.31. The Hall–Kier alpha value is -0.960. The lowest BCUT2D eigenvalue weighted by Gasteiger charge is -2.25. The Morgan fingerprint density at radius 1 is 1.62 bits per heavy atom. The molecule has 1 rings (SSSR count). The molecule has 0 saturated carbocycles. The molecule has 70 valence electrons. The third kappa shape index (κ3) is 2.49.